The first-order valence-electron chi connectivity index (χ1n) is 5.15. The van der Waals surface area contributed by atoms with Crippen molar-refractivity contribution in [2.24, 2.45) is 0 Å². The Bertz CT molecular complexity index is 616. The zero-order valence-electron chi connectivity index (χ0n) is 9.35. The third-order valence-corrected chi connectivity index (χ3v) is 3.83. The fraction of sp³-hybridized carbons (Fsp3) is 0.250. The van der Waals surface area contributed by atoms with E-state index in [0.29, 0.717) is 27.3 Å². The van der Waals surface area contributed by atoms with Crippen LogP contribution in [0.25, 0.3) is 10.9 Å². The first-order valence-corrected chi connectivity index (χ1v) is 6.28. The summed E-state index contributed by atoms with van der Waals surface area (Å²) >= 11 is 18.2. The van der Waals surface area contributed by atoms with Gasteiger partial charge in [-0.2, -0.15) is 0 Å². The van der Waals surface area contributed by atoms with Crippen molar-refractivity contribution in [1.82, 2.24) is 4.57 Å². The third-order valence-electron chi connectivity index (χ3n) is 2.71. The van der Waals surface area contributed by atoms with E-state index in [1.165, 1.54) is 6.92 Å². The Morgan fingerprint density at radius 2 is 1.82 bits per heavy atom. The number of carbonyl (C=O) groups excluding carboxylic acids is 1. The number of benzene rings is 1. The highest BCUT2D eigenvalue weighted by Gasteiger charge is 2.19. The molecule has 0 atom stereocenters. The van der Waals surface area contributed by atoms with E-state index in [0.717, 1.165) is 10.9 Å². The average Bonchev–Trinajstić information content (AvgIpc) is 2.50. The first kappa shape index (κ1) is 12.7. The normalized spacial score (nSPS) is 11.1. The maximum atomic E-state index is 11.6. The molecular formula is C12H10Cl3NO. The largest absolute Gasteiger partial charge is 0.331 e. The van der Waals surface area contributed by atoms with E-state index < -0.39 is 0 Å². The van der Waals surface area contributed by atoms with E-state index in [-0.39, 0.29) is 5.78 Å². The van der Waals surface area contributed by atoms with Gasteiger partial charge in [0.05, 0.1) is 21.1 Å². The summed E-state index contributed by atoms with van der Waals surface area (Å²) < 4.78 is 1.84. The molecule has 0 spiro atoms. The molecule has 1 heterocycles. The molecule has 5 heteroatoms. The Morgan fingerprint density at radius 3 is 2.35 bits per heavy atom. The Kier molecular flexibility index (Phi) is 3.39. The van der Waals surface area contributed by atoms with Crippen molar-refractivity contribution in [3.05, 3.63) is 32.9 Å². The molecule has 90 valence electrons. The van der Waals surface area contributed by atoms with Crippen molar-refractivity contribution in [2.75, 3.05) is 0 Å². The van der Waals surface area contributed by atoms with Crippen LogP contribution in [-0.4, -0.2) is 10.4 Å². The van der Waals surface area contributed by atoms with Crippen LogP contribution >= 0.6 is 34.8 Å². The number of carbonyl (C=O) groups is 1. The number of aromatic nitrogens is 1. The molecule has 1 aromatic heterocycles. The summed E-state index contributed by atoms with van der Waals surface area (Å²) in [6.45, 7) is 4.11. The second-order valence-corrected chi connectivity index (χ2v) is 4.92. The lowest BCUT2D eigenvalue weighted by Gasteiger charge is -2.03. The van der Waals surface area contributed by atoms with Gasteiger partial charge in [0.15, 0.2) is 5.78 Å². The fourth-order valence-corrected chi connectivity index (χ4v) is 2.72. The molecule has 0 N–H and O–H groups in total. The Morgan fingerprint density at radius 1 is 1.24 bits per heavy atom. The number of rotatable bonds is 2. The SMILES string of the molecule is CCn1c(Cl)c(C(C)=O)c2cc(Cl)c(Cl)cc21. The van der Waals surface area contributed by atoms with Gasteiger partial charge in [-0.05, 0) is 26.0 Å². The monoisotopic (exact) mass is 289 g/mol. The van der Waals surface area contributed by atoms with Crippen LogP contribution in [0.1, 0.15) is 24.2 Å². The lowest BCUT2D eigenvalue weighted by molar-refractivity contribution is 0.101. The molecule has 0 saturated carbocycles. The number of halogens is 3. The van der Waals surface area contributed by atoms with Gasteiger partial charge < -0.3 is 4.57 Å². The smallest absolute Gasteiger partial charge is 0.163 e. The third kappa shape index (κ3) is 1.95. The molecule has 2 nitrogen and oxygen atoms in total. The fourth-order valence-electron chi connectivity index (χ4n) is 1.96. The number of hydrogen-bond donors (Lipinski definition) is 0. The molecule has 17 heavy (non-hydrogen) atoms. The first-order chi connectivity index (χ1) is 7.97. The Hall–Kier alpha value is -0.700. The summed E-state index contributed by atoms with van der Waals surface area (Å²) in [4.78, 5) is 11.6. The maximum Gasteiger partial charge on any atom is 0.163 e. The van der Waals surface area contributed by atoms with Gasteiger partial charge in [-0.15, -0.1) is 0 Å². The lowest BCUT2D eigenvalue weighted by Crippen LogP contribution is -1.95. The number of nitrogens with zero attached hydrogens (tertiary/aromatic N) is 1. The van der Waals surface area contributed by atoms with Gasteiger partial charge in [-0.3, -0.25) is 4.79 Å². The minimum absolute atomic E-state index is 0.0782. The van der Waals surface area contributed by atoms with Crippen LogP contribution in [0.15, 0.2) is 12.1 Å². The zero-order valence-corrected chi connectivity index (χ0v) is 11.6. The molecule has 2 rings (SSSR count). The number of Topliss-reactive ketones (excluding diaryl/α,β-unsaturated/α-hetero) is 1. The summed E-state index contributed by atoms with van der Waals surface area (Å²) in [6, 6.07) is 3.43. The van der Waals surface area contributed by atoms with Crippen molar-refractivity contribution in [2.45, 2.75) is 20.4 Å². The average molecular weight is 291 g/mol. The summed E-state index contributed by atoms with van der Waals surface area (Å²) in [5.74, 6) is -0.0782. The molecule has 0 bridgehead atoms. The van der Waals surface area contributed by atoms with Gasteiger partial charge in [-0.25, -0.2) is 0 Å². The maximum absolute atomic E-state index is 11.6. The molecule has 0 aliphatic carbocycles. The van der Waals surface area contributed by atoms with Gasteiger partial charge >= 0.3 is 0 Å². The van der Waals surface area contributed by atoms with Crippen molar-refractivity contribution < 1.29 is 4.79 Å². The van der Waals surface area contributed by atoms with E-state index in [4.69, 9.17) is 34.8 Å². The second kappa shape index (κ2) is 4.52. The molecule has 2 aromatic rings. The predicted molar refractivity (Wildman–Crippen MR) is 72.6 cm³/mol. The molecule has 0 amide bonds. The Balaban J connectivity index is 2.95. The highest BCUT2D eigenvalue weighted by atomic mass is 35.5. The summed E-state index contributed by atoms with van der Waals surface area (Å²) in [6.07, 6.45) is 0. The molecule has 1 aromatic carbocycles. The van der Waals surface area contributed by atoms with Crippen molar-refractivity contribution >= 4 is 51.5 Å². The highest BCUT2D eigenvalue weighted by molar-refractivity contribution is 6.43. The molecule has 0 fully saturated rings. The van der Waals surface area contributed by atoms with Crippen LogP contribution in [0, 0.1) is 0 Å². The molecule has 0 radical (unpaired) electrons. The van der Waals surface area contributed by atoms with E-state index in [2.05, 4.69) is 0 Å². The van der Waals surface area contributed by atoms with Crippen LogP contribution < -0.4 is 0 Å². The van der Waals surface area contributed by atoms with Crippen molar-refractivity contribution in [1.29, 1.82) is 0 Å². The van der Waals surface area contributed by atoms with Gasteiger partial charge in [0.25, 0.3) is 0 Å². The van der Waals surface area contributed by atoms with Gasteiger partial charge in [0, 0.05) is 11.9 Å². The van der Waals surface area contributed by atoms with E-state index >= 15 is 0 Å². The minimum Gasteiger partial charge on any atom is -0.331 e. The standard InChI is InChI=1S/C12H10Cl3NO/c1-3-16-10-5-9(14)8(13)4-7(10)11(6(2)17)12(16)15/h4-5H,3H2,1-2H3. The van der Waals surface area contributed by atoms with E-state index in [1.54, 1.807) is 12.1 Å². The minimum atomic E-state index is -0.0782. The number of fused-ring (bicyclic) bond motifs is 1. The molecule has 0 aliphatic heterocycles. The summed E-state index contributed by atoms with van der Waals surface area (Å²) in [5.41, 5.74) is 1.33. The van der Waals surface area contributed by atoms with Crippen LogP contribution in [-0.2, 0) is 6.54 Å². The second-order valence-electron chi connectivity index (χ2n) is 3.75. The number of aryl methyl sites for hydroxylation is 1. The summed E-state index contributed by atoms with van der Waals surface area (Å²) in [5, 5.41) is 2.07. The number of hydrogen-bond acceptors (Lipinski definition) is 1. The van der Waals surface area contributed by atoms with Crippen LogP contribution in [0.5, 0.6) is 0 Å². The van der Waals surface area contributed by atoms with Crippen LogP contribution in [0.3, 0.4) is 0 Å². The van der Waals surface area contributed by atoms with Crippen LogP contribution in [0.4, 0.5) is 0 Å². The van der Waals surface area contributed by atoms with Crippen LogP contribution in [0.2, 0.25) is 15.2 Å². The lowest BCUT2D eigenvalue weighted by atomic mass is 10.1. The molecular weight excluding hydrogens is 280 g/mol. The quantitative estimate of drug-likeness (QED) is 0.727. The zero-order chi connectivity index (χ0) is 12.7. The van der Waals surface area contributed by atoms with Gasteiger partial charge in [-0.1, -0.05) is 34.8 Å². The molecule has 0 saturated heterocycles. The topological polar surface area (TPSA) is 22.0 Å². The molecule has 0 aliphatic rings. The predicted octanol–water partition coefficient (Wildman–Crippen LogP) is 4.82. The van der Waals surface area contributed by atoms with Gasteiger partial charge in [0.1, 0.15) is 5.15 Å². The van der Waals surface area contributed by atoms with Gasteiger partial charge in [0.2, 0.25) is 0 Å². The highest BCUT2D eigenvalue weighted by Crippen LogP contribution is 2.35. The Labute approximate surface area is 114 Å². The van der Waals surface area contributed by atoms with Crippen molar-refractivity contribution in [3.8, 4) is 0 Å². The summed E-state index contributed by atoms with van der Waals surface area (Å²) in [7, 11) is 0. The van der Waals surface area contributed by atoms with E-state index in [9.17, 15) is 4.79 Å². The number of ketones is 1. The van der Waals surface area contributed by atoms with Crippen molar-refractivity contribution in [3.63, 3.8) is 0 Å². The van der Waals surface area contributed by atoms with E-state index in [1.807, 2.05) is 11.5 Å². The molecule has 0 unspecified atom stereocenters.